The summed E-state index contributed by atoms with van der Waals surface area (Å²) in [6.07, 6.45) is 0.199. The fourth-order valence-corrected chi connectivity index (χ4v) is 2.23. The minimum absolute atomic E-state index is 0.0191. The minimum Gasteiger partial charge on any atom is -0.491 e. The van der Waals surface area contributed by atoms with E-state index < -0.39 is 0 Å². The molecule has 1 aromatic rings. The highest BCUT2D eigenvalue weighted by Crippen LogP contribution is 2.31. The van der Waals surface area contributed by atoms with Crippen molar-refractivity contribution in [1.29, 1.82) is 0 Å². The molecule has 0 bridgehead atoms. The number of hydrogen-bond acceptors (Lipinski definition) is 3. The summed E-state index contributed by atoms with van der Waals surface area (Å²) in [4.78, 5) is 2.24. The van der Waals surface area contributed by atoms with E-state index in [1.54, 1.807) is 0 Å². The van der Waals surface area contributed by atoms with E-state index in [4.69, 9.17) is 4.74 Å². The number of ether oxygens (including phenoxy) is 1. The van der Waals surface area contributed by atoms with Crippen LogP contribution in [0.1, 0.15) is 39.3 Å². The molecule has 19 heavy (non-hydrogen) atoms. The van der Waals surface area contributed by atoms with Gasteiger partial charge in [0.15, 0.2) is 0 Å². The van der Waals surface area contributed by atoms with Gasteiger partial charge >= 0.3 is 0 Å². The van der Waals surface area contributed by atoms with Gasteiger partial charge in [0.2, 0.25) is 0 Å². The van der Waals surface area contributed by atoms with Gasteiger partial charge in [-0.2, -0.15) is 0 Å². The van der Waals surface area contributed by atoms with Crippen LogP contribution < -0.4 is 10.1 Å². The molecule has 0 aromatic heterocycles. The first kappa shape index (κ1) is 16.0. The average molecular weight is 264 g/mol. The topological polar surface area (TPSA) is 24.5 Å². The van der Waals surface area contributed by atoms with Crippen LogP contribution in [-0.2, 0) is 0 Å². The van der Waals surface area contributed by atoms with Gasteiger partial charge < -0.3 is 15.0 Å². The van der Waals surface area contributed by atoms with E-state index in [1.165, 1.54) is 5.56 Å². The van der Waals surface area contributed by atoms with Crippen molar-refractivity contribution in [2.75, 3.05) is 21.1 Å². The van der Waals surface area contributed by atoms with Crippen LogP contribution in [0, 0.1) is 0 Å². The summed E-state index contributed by atoms with van der Waals surface area (Å²) >= 11 is 0. The van der Waals surface area contributed by atoms with E-state index in [9.17, 15) is 0 Å². The number of hydrogen-bond donors (Lipinski definition) is 1. The minimum atomic E-state index is 0.0191. The highest BCUT2D eigenvalue weighted by molar-refractivity contribution is 5.32. The van der Waals surface area contributed by atoms with Gasteiger partial charge in [-0.25, -0.2) is 0 Å². The zero-order valence-electron chi connectivity index (χ0n) is 13.3. The standard InChI is InChI=1S/C16H28N2O/c1-12(2)19-14-10-8-9-13(11-14)15(17-5)16(3,4)18(6)7/h8-12,15,17H,1-7H3. The normalized spacial score (nSPS) is 13.9. The average Bonchev–Trinajstić information content (AvgIpc) is 2.28. The summed E-state index contributed by atoms with van der Waals surface area (Å²) in [5.74, 6) is 0.933. The number of benzene rings is 1. The van der Waals surface area contributed by atoms with Crippen LogP contribution in [0.15, 0.2) is 24.3 Å². The molecule has 1 N–H and O–H groups in total. The van der Waals surface area contributed by atoms with Crippen LogP contribution in [0.25, 0.3) is 0 Å². The molecule has 3 nitrogen and oxygen atoms in total. The molecule has 0 heterocycles. The van der Waals surface area contributed by atoms with Gasteiger partial charge in [-0.05, 0) is 66.5 Å². The van der Waals surface area contributed by atoms with E-state index in [-0.39, 0.29) is 17.7 Å². The molecule has 3 heteroatoms. The van der Waals surface area contributed by atoms with Crippen LogP contribution >= 0.6 is 0 Å². The molecule has 0 aliphatic heterocycles. The number of rotatable bonds is 6. The molecular weight excluding hydrogens is 236 g/mol. The molecule has 1 unspecified atom stereocenters. The van der Waals surface area contributed by atoms with E-state index in [1.807, 2.05) is 27.0 Å². The second kappa shape index (κ2) is 6.40. The van der Waals surface area contributed by atoms with Crippen LogP contribution in [0.3, 0.4) is 0 Å². The summed E-state index contributed by atoms with van der Waals surface area (Å²) in [7, 11) is 6.23. The summed E-state index contributed by atoms with van der Waals surface area (Å²) in [6.45, 7) is 8.58. The number of likely N-dealkylation sites (N-methyl/N-ethyl adjacent to an activating group) is 2. The Hall–Kier alpha value is -1.06. The predicted molar refractivity (Wildman–Crippen MR) is 81.8 cm³/mol. The zero-order valence-corrected chi connectivity index (χ0v) is 13.3. The quantitative estimate of drug-likeness (QED) is 0.854. The highest BCUT2D eigenvalue weighted by Gasteiger charge is 2.31. The molecule has 0 spiro atoms. The predicted octanol–water partition coefficient (Wildman–Crippen LogP) is 3.07. The first-order valence-electron chi connectivity index (χ1n) is 6.90. The Morgan fingerprint density at radius 3 is 2.32 bits per heavy atom. The van der Waals surface area contributed by atoms with Crippen LogP contribution in [-0.4, -0.2) is 37.7 Å². The van der Waals surface area contributed by atoms with E-state index in [0.29, 0.717) is 0 Å². The van der Waals surface area contributed by atoms with Gasteiger partial charge in [0, 0.05) is 11.6 Å². The lowest BCUT2D eigenvalue weighted by Crippen LogP contribution is -2.48. The SMILES string of the molecule is CNC(c1cccc(OC(C)C)c1)C(C)(C)N(C)C. The lowest BCUT2D eigenvalue weighted by atomic mass is 9.87. The number of nitrogens with zero attached hydrogens (tertiary/aromatic N) is 1. The Morgan fingerprint density at radius 1 is 1.21 bits per heavy atom. The van der Waals surface area contributed by atoms with Gasteiger partial charge in [-0.1, -0.05) is 12.1 Å². The fraction of sp³-hybridized carbons (Fsp3) is 0.625. The molecule has 108 valence electrons. The van der Waals surface area contributed by atoms with E-state index in [2.05, 4.69) is 56.4 Å². The largest absolute Gasteiger partial charge is 0.491 e. The maximum absolute atomic E-state index is 5.78. The van der Waals surface area contributed by atoms with Gasteiger partial charge in [-0.15, -0.1) is 0 Å². The highest BCUT2D eigenvalue weighted by atomic mass is 16.5. The lowest BCUT2D eigenvalue weighted by Gasteiger charge is -2.40. The Bertz CT molecular complexity index is 399. The molecule has 0 saturated heterocycles. The van der Waals surface area contributed by atoms with Crippen molar-refractivity contribution in [1.82, 2.24) is 10.2 Å². The third-order valence-electron chi connectivity index (χ3n) is 3.71. The molecule has 1 aromatic carbocycles. The van der Waals surface area contributed by atoms with Crippen molar-refractivity contribution in [3.8, 4) is 5.75 Å². The van der Waals surface area contributed by atoms with Crippen LogP contribution in [0.5, 0.6) is 5.75 Å². The maximum Gasteiger partial charge on any atom is 0.120 e. The second-order valence-electron chi connectivity index (χ2n) is 6.01. The molecular formula is C16H28N2O. The van der Waals surface area contributed by atoms with Crippen molar-refractivity contribution < 1.29 is 4.74 Å². The van der Waals surface area contributed by atoms with Crippen LogP contribution in [0.2, 0.25) is 0 Å². The molecule has 1 atom stereocenters. The van der Waals surface area contributed by atoms with Gasteiger partial charge in [0.25, 0.3) is 0 Å². The second-order valence-corrected chi connectivity index (χ2v) is 6.01. The Balaban J connectivity index is 3.05. The van der Waals surface area contributed by atoms with Gasteiger partial charge in [-0.3, -0.25) is 0 Å². The summed E-state index contributed by atoms with van der Waals surface area (Å²) in [6, 6.07) is 8.60. The molecule has 0 radical (unpaired) electrons. The first-order chi connectivity index (χ1) is 8.78. The maximum atomic E-state index is 5.78. The molecule has 0 saturated carbocycles. The molecule has 0 aliphatic rings. The smallest absolute Gasteiger partial charge is 0.120 e. The monoisotopic (exact) mass is 264 g/mol. The number of nitrogens with one attached hydrogen (secondary N) is 1. The van der Waals surface area contributed by atoms with E-state index in [0.717, 1.165) is 5.75 Å². The fourth-order valence-electron chi connectivity index (χ4n) is 2.23. The molecule has 0 fully saturated rings. The molecule has 0 aliphatic carbocycles. The molecule has 1 rings (SSSR count). The lowest BCUT2D eigenvalue weighted by molar-refractivity contribution is 0.142. The van der Waals surface area contributed by atoms with Crippen molar-refractivity contribution in [2.45, 2.75) is 45.4 Å². The first-order valence-corrected chi connectivity index (χ1v) is 6.90. The summed E-state index contributed by atoms with van der Waals surface area (Å²) < 4.78 is 5.78. The summed E-state index contributed by atoms with van der Waals surface area (Å²) in [5.41, 5.74) is 1.27. The van der Waals surface area contributed by atoms with Gasteiger partial charge in [0.05, 0.1) is 6.10 Å². The van der Waals surface area contributed by atoms with Crippen molar-refractivity contribution in [2.24, 2.45) is 0 Å². The Morgan fingerprint density at radius 2 is 1.84 bits per heavy atom. The van der Waals surface area contributed by atoms with Crippen molar-refractivity contribution in [3.63, 3.8) is 0 Å². The van der Waals surface area contributed by atoms with Crippen molar-refractivity contribution >= 4 is 0 Å². The third-order valence-corrected chi connectivity index (χ3v) is 3.71. The summed E-state index contributed by atoms with van der Waals surface area (Å²) in [5, 5.41) is 3.42. The van der Waals surface area contributed by atoms with E-state index >= 15 is 0 Å². The Labute approximate surface area is 118 Å². The molecule has 0 amide bonds. The van der Waals surface area contributed by atoms with Gasteiger partial charge in [0.1, 0.15) is 5.75 Å². The van der Waals surface area contributed by atoms with Crippen LogP contribution in [0.4, 0.5) is 0 Å². The third kappa shape index (κ3) is 3.95. The van der Waals surface area contributed by atoms with Crippen molar-refractivity contribution in [3.05, 3.63) is 29.8 Å². The Kier molecular flexibility index (Phi) is 5.39. The zero-order chi connectivity index (χ0) is 14.6.